The van der Waals surface area contributed by atoms with Crippen LogP contribution in [0.15, 0.2) is 18.6 Å². The fraction of sp³-hybridized carbons (Fsp3) is 0.500. The maximum Gasteiger partial charge on any atom is 0.329 e. The van der Waals surface area contributed by atoms with Crippen LogP contribution >= 0.6 is 11.5 Å². The minimum absolute atomic E-state index is 0.118. The molecular weight excluding hydrogens is 392 g/mol. The number of rotatable bonds is 4. The molecule has 0 spiro atoms. The molecule has 3 aromatic rings. The molecule has 1 aliphatic heterocycles. The van der Waals surface area contributed by atoms with E-state index in [1.165, 1.54) is 7.11 Å². The van der Waals surface area contributed by atoms with Crippen LogP contribution in [0.25, 0.3) is 11.0 Å². The summed E-state index contributed by atoms with van der Waals surface area (Å²) >= 11 is 1.12. The summed E-state index contributed by atoms with van der Waals surface area (Å²) in [6.45, 7) is 1.53. The number of aromatic nitrogens is 5. The van der Waals surface area contributed by atoms with Crippen molar-refractivity contribution < 1.29 is 9.53 Å². The molecule has 2 fully saturated rings. The van der Waals surface area contributed by atoms with Crippen LogP contribution in [0.2, 0.25) is 0 Å². The second kappa shape index (κ2) is 7.14. The zero-order chi connectivity index (χ0) is 20.0. The summed E-state index contributed by atoms with van der Waals surface area (Å²) in [5, 5.41) is 4.33. The Bertz CT molecular complexity index is 1020. The van der Waals surface area contributed by atoms with Gasteiger partial charge in [0, 0.05) is 43.9 Å². The van der Waals surface area contributed by atoms with Gasteiger partial charge in [-0.05, 0) is 30.7 Å². The Balaban J connectivity index is 1.21. The van der Waals surface area contributed by atoms with Crippen molar-refractivity contribution >= 4 is 39.5 Å². The zero-order valence-corrected chi connectivity index (χ0v) is 17.0. The van der Waals surface area contributed by atoms with Gasteiger partial charge in [-0.15, -0.1) is 4.37 Å². The lowest BCUT2D eigenvalue weighted by Gasteiger charge is -2.27. The van der Waals surface area contributed by atoms with E-state index in [0.717, 1.165) is 54.3 Å². The van der Waals surface area contributed by atoms with Crippen LogP contribution in [0.5, 0.6) is 6.01 Å². The highest BCUT2D eigenvalue weighted by molar-refractivity contribution is 7.10. The summed E-state index contributed by atoms with van der Waals surface area (Å²) in [7, 11) is 3.61. The molecule has 3 atom stereocenters. The fourth-order valence-corrected chi connectivity index (χ4v) is 5.11. The second-order valence-corrected chi connectivity index (χ2v) is 8.37. The van der Waals surface area contributed by atoms with Gasteiger partial charge in [0.2, 0.25) is 5.13 Å². The van der Waals surface area contributed by atoms with E-state index in [2.05, 4.69) is 41.6 Å². The molecule has 0 aromatic carbocycles. The van der Waals surface area contributed by atoms with Crippen LogP contribution < -0.4 is 15.0 Å². The lowest BCUT2D eigenvalue weighted by molar-refractivity contribution is 0.218. The molecular formula is C18H22N8O2S. The standard InChI is InChI=1S/C18H22N8O2S/c1-25(15-13-3-4-19-14(13)20-9-21-15)12-5-10-7-26(8-11(10)6-12)18(27)23-17-22-16(28-2)24-29-17/h3-4,9-12H,5-8H2,1-2H3,(H,19,20,21)(H,22,23,24,27)/t10-,11?,12?/m1/s1. The molecule has 2 N–H and O–H groups in total. The predicted octanol–water partition coefficient (Wildman–Crippen LogP) is 2.20. The van der Waals surface area contributed by atoms with Gasteiger partial charge < -0.3 is 19.5 Å². The van der Waals surface area contributed by atoms with Crippen LogP contribution in [0, 0.1) is 11.8 Å². The number of amides is 2. The molecule has 0 bridgehead atoms. The number of aromatic amines is 1. The molecule has 4 heterocycles. The number of hydrogen-bond donors (Lipinski definition) is 2. The third kappa shape index (κ3) is 3.24. The Morgan fingerprint density at radius 2 is 2.14 bits per heavy atom. The van der Waals surface area contributed by atoms with Crippen LogP contribution in [-0.4, -0.2) is 68.5 Å². The Kier molecular flexibility index (Phi) is 4.46. The number of carbonyl (C=O) groups is 1. The van der Waals surface area contributed by atoms with E-state index in [1.807, 2.05) is 17.2 Å². The van der Waals surface area contributed by atoms with Crippen molar-refractivity contribution in [3.8, 4) is 6.01 Å². The summed E-state index contributed by atoms with van der Waals surface area (Å²) in [6.07, 6.45) is 5.60. The van der Waals surface area contributed by atoms with Crippen molar-refractivity contribution in [3.63, 3.8) is 0 Å². The van der Waals surface area contributed by atoms with Gasteiger partial charge in [-0.1, -0.05) is 0 Å². The number of fused-ring (bicyclic) bond motifs is 2. The molecule has 1 saturated carbocycles. The molecule has 5 rings (SSSR count). The number of likely N-dealkylation sites (tertiary alicyclic amines) is 1. The first kappa shape index (κ1) is 18.1. The van der Waals surface area contributed by atoms with Crippen molar-refractivity contribution in [1.82, 2.24) is 29.2 Å². The molecule has 1 aliphatic carbocycles. The van der Waals surface area contributed by atoms with Gasteiger partial charge in [0.15, 0.2) is 0 Å². The monoisotopic (exact) mass is 414 g/mol. The van der Waals surface area contributed by atoms with E-state index < -0.39 is 0 Å². The van der Waals surface area contributed by atoms with E-state index in [4.69, 9.17) is 4.74 Å². The van der Waals surface area contributed by atoms with Crippen molar-refractivity contribution in [2.24, 2.45) is 11.8 Å². The molecule has 0 radical (unpaired) electrons. The van der Waals surface area contributed by atoms with Gasteiger partial charge in [0.1, 0.15) is 17.8 Å². The van der Waals surface area contributed by atoms with Crippen molar-refractivity contribution in [1.29, 1.82) is 0 Å². The maximum atomic E-state index is 12.6. The molecule has 3 aromatic heterocycles. The molecule has 29 heavy (non-hydrogen) atoms. The highest BCUT2D eigenvalue weighted by Crippen LogP contribution is 2.41. The molecule has 10 nitrogen and oxygen atoms in total. The van der Waals surface area contributed by atoms with E-state index in [9.17, 15) is 4.79 Å². The van der Waals surface area contributed by atoms with Crippen molar-refractivity contribution in [2.75, 3.05) is 37.5 Å². The SMILES string of the molecule is COc1nsc(NC(=O)N2CC3CC(N(C)c4ncnc5[nH]ccc45)C[C@@H]3C2)n1. The molecule has 1 saturated heterocycles. The van der Waals surface area contributed by atoms with Gasteiger partial charge in [-0.2, -0.15) is 4.98 Å². The Labute approximate surface area is 171 Å². The summed E-state index contributed by atoms with van der Waals surface area (Å²) in [5.41, 5.74) is 0.858. The topological polar surface area (TPSA) is 112 Å². The highest BCUT2D eigenvalue weighted by Gasteiger charge is 2.44. The second-order valence-electron chi connectivity index (χ2n) is 7.61. The number of hydrogen-bond acceptors (Lipinski definition) is 8. The molecule has 11 heteroatoms. The lowest BCUT2D eigenvalue weighted by atomic mass is 10.0. The van der Waals surface area contributed by atoms with E-state index in [0.29, 0.717) is 23.0 Å². The Morgan fingerprint density at radius 3 is 2.86 bits per heavy atom. The number of anilines is 2. The van der Waals surface area contributed by atoms with Gasteiger partial charge in [0.05, 0.1) is 12.5 Å². The first-order chi connectivity index (χ1) is 14.1. The van der Waals surface area contributed by atoms with Crippen LogP contribution in [0.4, 0.5) is 15.7 Å². The maximum absolute atomic E-state index is 12.6. The smallest absolute Gasteiger partial charge is 0.329 e. The lowest BCUT2D eigenvalue weighted by Crippen LogP contribution is -2.36. The van der Waals surface area contributed by atoms with Gasteiger partial charge in [-0.3, -0.25) is 5.32 Å². The molecule has 2 amide bonds. The highest BCUT2D eigenvalue weighted by atomic mass is 32.1. The number of H-pyrrole nitrogens is 1. The summed E-state index contributed by atoms with van der Waals surface area (Å²) in [5.74, 6) is 1.96. The fourth-order valence-electron chi connectivity index (χ4n) is 4.58. The number of nitrogens with zero attached hydrogens (tertiary/aromatic N) is 6. The Morgan fingerprint density at radius 1 is 1.34 bits per heavy atom. The first-order valence-corrected chi connectivity index (χ1v) is 10.3. The largest absolute Gasteiger partial charge is 0.466 e. The third-order valence-electron chi connectivity index (χ3n) is 6.03. The summed E-state index contributed by atoms with van der Waals surface area (Å²) < 4.78 is 8.97. The third-order valence-corrected chi connectivity index (χ3v) is 6.65. The van der Waals surface area contributed by atoms with E-state index in [-0.39, 0.29) is 12.0 Å². The number of urea groups is 1. The average molecular weight is 414 g/mol. The van der Waals surface area contributed by atoms with E-state index >= 15 is 0 Å². The van der Waals surface area contributed by atoms with E-state index in [1.54, 1.807) is 6.33 Å². The first-order valence-electron chi connectivity index (χ1n) is 9.57. The number of carbonyl (C=O) groups excluding carboxylic acids is 1. The summed E-state index contributed by atoms with van der Waals surface area (Å²) in [6, 6.07) is 2.59. The minimum atomic E-state index is -0.118. The molecule has 152 valence electrons. The average Bonchev–Trinajstić information content (AvgIpc) is 3.48. The van der Waals surface area contributed by atoms with Gasteiger partial charge in [0.25, 0.3) is 0 Å². The van der Waals surface area contributed by atoms with Crippen LogP contribution in [-0.2, 0) is 0 Å². The number of nitrogens with one attached hydrogen (secondary N) is 2. The van der Waals surface area contributed by atoms with Crippen molar-refractivity contribution in [2.45, 2.75) is 18.9 Å². The number of ether oxygens (including phenoxy) is 1. The summed E-state index contributed by atoms with van der Waals surface area (Å²) in [4.78, 5) is 32.8. The predicted molar refractivity (Wildman–Crippen MR) is 109 cm³/mol. The normalized spacial score (nSPS) is 23.4. The molecule has 2 unspecified atom stereocenters. The van der Waals surface area contributed by atoms with Crippen LogP contribution in [0.1, 0.15) is 12.8 Å². The minimum Gasteiger partial charge on any atom is -0.466 e. The zero-order valence-electron chi connectivity index (χ0n) is 16.2. The van der Waals surface area contributed by atoms with Crippen molar-refractivity contribution in [3.05, 3.63) is 18.6 Å². The quantitative estimate of drug-likeness (QED) is 0.673. The Hall–Kier alpha value is -2.95. The molecule has 2 aliphatic rings. The number of methoxy groups -OCH3 is 1. The van der Waals surface area contributed by atoms with Gasteiger partial charge >= 0.3 is 12.0 Å². The van der Waals surface area contributed by atoms with Gasteiger partial charge in [-0.25, -0.2) is 14.8 Å². The van der Waals surface area contributed by atoms with Crippen LogP contribution in [0.3, 0.4) is 0 Å².